The van der Waals surface area contributed by atoms with Crippen LogP contribution in [-0.4, -0.2) is 23.8 Å². The van der Waals surface area contributed by atoms with Gasteiger partial charge in [-0.25, -0.2) is 8.78 Å². The molecule has 0 aliphatic carbocycles. The number of benzene rings is 1. The molecule has 1 aromatic rings. The Kier molecular flexibility index (Phi) is 4.71. The first-order chi connectivity index (χ1) is 8.24. The number of alkyl halides is 4. The fraction of sp³-hybridized carbons (Fsp3) is 0.333. The van der Waals surface area contributed by atoms with Crippen molar-refractivity contribution in [3.8, 4) is 0 Å². The highest BCUT2D eigenvalue weighted by Gasteiger charge is 2.40. The number of rotatable bonds is 5. The van der Waals surface area contributed by atoms with Crippen LogP contribution < -0.4 is 5.32 Å². The summed E-state index contributed by atoms with van der Waals surface area (Å²) >= 11 is 1.81. The van der Waals surface area contributed by atoms with Crippen LogP contribution in [-0.2, 0) is 0 Å². The van der Waals surface area contributed by atoms with Gasteiger partial charge in [0.15, 0.2) is 0 Å². The lowest BCUT2D eigenvalue weighted by atomic mass is 10.2. The summed E-state index contributed by atoms with van der Waals surface area (Å²) in [5.74, 6) is -4.24. The lowest BCUT2D eigenvalue weighted by Crippen LogP contribution is -2.34. The maximum Gasteiger partial charge on any atom is 0.324 e. The van der Waals surface area contributed by atoms with Gasteiger partial charge in [-0.15, -0.1) is 0 Å². The molecule has 0 heterocycles. The summed E-state index contributed by atoms with van der Waals surface area (Å²) < 4.78 is 49.7. The van der Waals surface area contributed by atoms with Crippen molar-refractivity contribution in [3.05, 3.63) is 31.9 Å². The maximum absolute atomic E-state index is 12.7. The minimum Gasteiger partial charge on any atom is -0.373 e. The number of anilines is 1. The van der Waals surface area contributed by atoms with E-state index in [1.807, 2.05) is 27.9 Å². The van der Waals surface area contributed by atoms with Crippen molar-refractivity contribution >= 4 is 34.0 Å². The number of hydrogen-bond donors (Lipinski definition) is 1. The first-order valence-electron chi connectivity index (χ1n) is 4.58. The molecule has 0 bridgehead atoms. The van der Waals surface area contributed by atoms with Gasteiger partial charge in [0.1, 0.15) is 5.69 Å². The normalized spacial score (nSPS) is 11.7. The molecule has 0 aliphatic heterocycles. The van der Waals surface area contributed by atoms with E-state index in [9.17, 15) is 27.7 Å². The molecule has 0 radical (unpaired) electrons. The van der Waals surface area contributed by atoms with Crippen LogP contribution in [0, 0.1) is 13.7 Å². The van der Waals surface area contributed by atoms with E-state index in [4.69, 9.17) is 0 Å². The Bertz CT molecular complexity index is 456. The molecular formula is C9H7F4IN2O2. The summed E-state index contributed by atoms with van der Waals surface area (Å²) in [5, 5.41) is 12.6. The van der Waals surface area contributed by atoms with Gasteiger partial charge < -0.3 is 5.32 Å². The molecule has 0 saturated heterocycles. The van der Waals surface area contributed by atoms with Crippen LogP contribution in [0.2, 0.25) is 0 Å². The van der Waals surface area contributed by atoms with Gasteiger partial charge in [-0.05, 0) is 34.7 Å². The third kappa shape index (κ3) is 3.68. The minimum atomic E-state index is -4.24. The Balaban J connectivity index is 2.89. The van der Waals surface area contributed by atoms with Gasteiger partial charge in [0.2, 0.25) is 0 Å². The monoisotopic (exact) mass is 378 g/mol. The zero-order valence-corrected chi connectivity index (χ0v) is 10.8. The minimum absolute atomic E-state index is 0.222. The van der Waals surface area contributed by atoms with Crippen LogP contribution in [0.5, 0.6) is 0 Å². The summed E-state index contributed by atoms with van der Waals surface area (Å²) in [6.07, 6.45) is -3.83. The maximum atomic E-state index is 12.7. The third-order valence-electron chi connectivity index (χ3n) is 1.99. The van der Waals surface area contributed by atoms with E-state index in [1.54, 1.807) is 0 Å². The van der Waals surface area contributed by atoms with Crippen LogP contribution >= 0.6 is 22.6 Å². The third-order valence-corrected chi connectivity index (χ3v) is 2.66. The molecule has 0 amide bonds. The van der Waals surface area contributed by atoms with E-state index >= 15 is 0 Å². The van der Waals surface area contributed by atoms with Gasteiger partial charge in [0, 0.05) is 9.64 Å². The lowest BCUT2D eigenvalue weighted by molar-refractivity contribution is -0.384. The van der Waals surface area contributed by atoms with Crippen molar-refractivity contribution in [1.29, 1.82) is 0 Å². The second-order valence-corrected chi connectivity index (χ2v) is 4.58. The fourth-order valence-electron chi connectivity index (χ4n) is 1.10. The van der Waals surface area contributed by atoms with E-state index in [0.717, 1.165) is 6.07 Å². The zero-order chi connectivity index (χ0) is 13.9. The molecular weight excluding hydrogens is 371 g/mol. The Labute approximate surface area is 113 Å². The van der Waals surface area contributed by atoms with E-state index in [-0.39, 0.29) is 5.69 Å². The topological polar surface area (TPSA) is 55.2 Å². The average molecular weight is 378 g/mol. The smallest absolute Gasteiger partial charge is 0.324 e. The van der Waals surface area contributed by atoms with E-state index < -0.39 is 29.5 Å². The van der Waals surface area contributed by atoms with Gasteiger partial charge in [-0.1, -0.05) is 0 Å². The highest BCUT2D eigenvalue weighted by molar-refractivity contribution is 14.1. The second-order valence-electron chi connectivity index (χ2n) is 3.33. The molecule has 0 atom stereocenters. The Morgan fingerprint density at radius 1 is 1.44 bits per heavy atom. The standard InChI is InChI=1S/C9H7F4IN2O2/c10-8(11)9(12,13)4-15-6-2-1-5(14)3-7(6)16(17)18/h1-3,8,15H,4H2. The van der Waals surface area contributed by atoms with Gasteiger partial charge in [-0.2, -0.15) is 8.78 Å². The molecule has 1 aromatic carbocycles. The van der Waals surface area contributed by atoms with Crippen LogP contribution in [0.1, 0.15) is 0 Å². The molecule has 0 fully saturated rings. The molecule has 0 unspecified atom stereocenters. The molecule has 0 aromatic heterocycles. The van der Waals surface area contributed by atoms with Crippen molar-refractivity contribution in [1.82, 2.24) is 0 Å². The van der Waals surface area contributed by atoms with Gasteiger partial charge >= 0.3 is 12.3 Å². The van der Waals surface area contributed by atoms with E-state index in [2.05, 4.69) is 0 Å². The van der Waals surface area contributed by atoms with Crippen LogP contribution in [0.15, 0.2) is 18.2 Å². The molecule has 18 heavy (non-hydrogen) atoms. The van der Waals surface area contributed by atoms with Gasteiger partial charge in [0.05, 0.1) is 11.5 Å². The molecule has 100 valence electrons. The molecule has 4 nitrogen and oxygen atoms in total. The second kappa shape index (κ2) is 5.67. The summed E-state index contributed by atoms with van der Waals surface area (Å²) in [7, 11) is 0. The highest BCUT2D eigenvalue weighted by atomic mass is 127. The van der Waals surface area contributed by atoms with Crippen molar-refractivity contribution in [2.75, 3.05) is 11.9 Å². The average Bonchev–Trinajstić information content (AvgIpc) is 2.27. The van der Waals surface area contributed by atoms with E-state index in [0.29, 0.717) is 3.57 Å². The molecule has 1 N–H and O–H groups in total. The van der Waals surface area contributed by atoms with Crippen LogP contribution in [0.25, 0.3) is 0 Å². The SMILES string of the molecule is O=[N+]([O-])c1cc(I)ccc1NCC(F)(F)C(F)F. The Morgan fingerprint density at radius 2 is 2.06 bits per heavy atom. The molecule has 0 saturated carbocycles. The highest BCUT2D eigenvalue weighted by Crippen LogP contribution is 2.29. The summed E-state index contributed by atoms with van der Waals surface area (Å²) in [5.41, 5.74) is -0.660. The molecule has 0 spiro atoms. The first-order valence-corrected chi connectivity index (χ1v) is 5.65. The molecule has 9 heteroatoms. The van der Waals surface area contributed by atoms with Crippen molar-refractivity contribution < 1.29 is 22.5 Å². The summed E-state index contributed by atoms with van der Waals surface area (Å²) in [6, 6.07) is 3.79. The predicted molar refractivity (Wildman–Crippen MR) is 65.3 cm³/mol. The number of halogens is 5. The van der Waals surface area contributed by atoms with Gasteiger partial charge in [0.25, 0.3) is 5.69 Å². The zero-order valence-electron chi connectivity index (χ0n) is 8.67. The number of nitrogens with zero attached hydrogens (tertiary/aromatic N) is 1. The summed E-state index contributed by atoms with van der Waals surface area (Å²) in [6.45, 7) is -1.37. The van der Waals surface area contributed by atoms with Crippen LogP contribution in [0.3, 0.4) is 0 Å². The number of nitrogens with one attached hydrogen (secondary N) is 1. The van der Waals surface area contributed by atoms with Crippen molar-refractivity contribution in [2.45, 2.75) is 12.3 Å². The number of hydrogen-bond acceptors (Lipinski definition) is 3. The molecule has 1 rings (SSSR count). The lowest BCUT2D eigenvalue weighted by Gasteiger charge is -2.16. The molecule has 0 aliphatic rings. The van der Waals surface area contributed by atoms with E-state index in [1.165, 1.54) is 12.1 Å². The fourth-order valence-corrected chi connectivity index (χ4v) is 1.57. The van der Waals surface area contributed by atoms with Gasteiger partial charge in [-0.3, -0.25) is 10.1 Å². The number of nitro benzene ring substituents is 1. The Morgan fingerprint density at radius 3 is 2.56 bits per heavy atom. The first kappa shape index (κ1) is 14.9. The number of nitro groups is 1. The largest absolute Gasteiger partial charge is 0.373 e. The van der Waals surface area contributed by atoms with Crippen molar-refractivity contribution in [3.63, 3.8) is 0 Å². The predicted octanol–water partition coefficient (Wildman–Crippen LogP) is 3.51. The quantitative estimate of drug-likeness (QED) is 0.369. The van der Waals surface area contributed by atoms with Crippen molar-refractivity contribution in [2.24, 2.45) is 0 Å². The van der Waals surface area contributed by atoms with Crippen LogP contribution in [0.4, 0.5) is 28.9 Å². The summed E-state index contributed by atoms with van der Waals surface area (Å²) in [4.78, 5) is 9.89. The Hall–Kier alpha value is -1.13.